The summed E-state index contributed by atoms with van der Waals surface area (Å²) in [6, 6.07) is 6.23. The molecule has 2 aromatic rings. The van der Waals surface area contributed by atoms with Gasteiger partial charge in [0.25, 0.3) is 0 Å². The first kappa shape index (κ1) is 13.2. The summed E-state index contributed by atoms with van der Waals surface area (Å²) in [5.41, 5.74) is 2.65. The van der Waals surface area contributed by atoms with Gasteiger partial charge in [-0.1, -0.05) is 0 Å². The molecule has 0 aliphatic carbocycles. The Labute approximate surface area is 106 Å². The molecular weight excluding hydrogens is 240 g/mol. The van der Waals surface area contributed by atoms with Gasteiger partial charge in [0.15, 0.2) is 0 Å². The van der Waals surface area contributed by atoms with Crippen molar-refractivity contribution in [3.8, 4) is 0 Å². The zero-order chi connectivity index (χ0) is 10.5. The fourth-order valence-corrected chi connectivity index (χ4v) is 2.28. The van der Waals surface area contributed by atoms with Crippen LogP contribution in [0.5, 0.6) is 0 Å². The van der Waals surface area contributed by atoms with Crippen LogP contribution >= 0.6 is 11.3 Å². The Morgan fingerprint density at radius 1 is 1.19 bits per heavy atom. The number of pyridine rings is 1. The highest BCUT2D eigenvalue weighted by atomic mass is 35.5. The van der Waals surface area contributed by atoms with Gasteiger partial charge >= 0.3 is 0 Å². The maximum Gasteiger partial charge on any atom is 0.0305 e. The van der Waals surface area contributed by atoms with Crippen LogP contribution in [-0.4, -0.2) is 4.98 Å². The molecule has 1 N–H and O–H groups in total. The summed E-state index contributed by atoms with van der Waals surface area (Å²) < 4.78 is 0. The lowest BCUT2D eigenvalue weighted by atomic mass is 10.2. The Hall–Kier alpha value is -0.900. The topological polar surface area (TPSA) is 24.9 Å². The Balaban J connectivity index is 0.00000128. The number of nitrogens with zero attached hydrogens (tertiary/aromatic N) is 1. The van der Waals surface area contributed by atoms with E-state index in [0.29, 0.717) is 0 Å². The molecule has 0 spiro atoms. The average molecular weight is 254 g/mol. The predicted molar refractivity (Wildman–Crippen MR) is 63.8 cm³/mol. The highest BCUT2D eigenvalue weighted by molar-refractivity contribution is 7.10. The molecule has 0 amide bonds. The van der Waals surface area contributed by atoms with Crippen LogP contribution in [0.1, 0.15) is 16.0 Å². The Morgan fingerprint density at radius 3 is 2.56 bits per heavy atom. The van der Waals surface area contributed by atoms with Crippen molar-refractivity contribution in [3.63, 3.8) is 0 Å². The van der Waals surface area contributed by atoms with Gasteiger partial charge in [0.05, 0.1) is 0 Å². The van der Waals surface area contributed by atoms with E-state index in [9.17, 15) is 0 Å². The average Bonchev–Trinajstić information content (AvgIpc) is 2.66. The molecule has 0 fully saturated rings. The summed E-state index contributed by atoms with van der Waals surface area (Å²) in [7, 11) is 0. The maximum absolute atomic E-state index is 3.99. The van der Waals surface area contributed by atoms with E-state index in [0.717, 1.165) is 13.1 Å². The van der Waals surface area contributed by atoms with Crippen molar-refractivity contribution in [1.82, 2.24) is 10.3 Å². The third-order valence-corrected chi connectivity index (χ3v) is 3.36. The lowest BCUT2D eigenvalue weighted by molar-refractivity contribution is -0.00000313. The number of nitrogens with one attached hydrogen (secondary N) is 1. The van der Waals surface area contributed by atoms with E-state index in [-0.39, 0.29) is 12.4 Å². The van der Waals surface area contributed by atoms with E-state index >= 15 is 0 Å². The number of hydrogen-bond donors (Lipinski definition) is 1. The molecule has 0 saturated carbocycles. The smallest absolute Gasteiger partial charge is 0.0305 e. The molecule has 16 heavy (non-hydrogen) atoms. The minimum atomic E-state index is 0. The van der Waals surface area contributed by atoms with Crippen molar-refractivity contribution >= 4 is 11.3 Å². The van der Waals surface area contributed by atoms with E-state index in [1.54, 1.807) is 0 Å². The van der Waals surface area contributed by atoms with E-state index < -0.39 is 0 Å². The number of halogens is 1. The van der Waals surface area contributed by atoms with Crippen molar-refractivity contribution in [2.24, 2.45) is 0 Å². The molecular formula is C12H14ClN2S-. The standard InChI is InChI=1S/C12H14N2S.ClH/c1-10-4-7-15-12(10)9-14-8-11-2-5-13-6-3-11;/h2-7,14H,8-9H2,1H3;1H/p-1. The zero-order valence-corrected chi connectivity index (χ0v) is 10.7. The van der Waals surface area contributed by atoms with Crippen LogP contribution in [0.2, 0.25) is 0 Å². The third kappa shape index (κ3) is 3.59. The molecule has 0 unspecified atom stereocenters. The van der Waals surface area contributed by atoms with Gasteiger partial charge in [0.2, 0.25) is 0 Å². The van der Waals surface area contributed by atoms with Crippen LogP contribution < -0.4 is 17.7 Å². The summed E-state index contributed by atoms with van der Waals surface area (Å²) in [6.45, 7) is 4.01. The second-order valence-electron chi connectivity index (χ2n) is 3.49. The SMILES string of the molecule is Cc1ccsc1CNCc1ccncc1.[Cl-]. The van der Waals surface area contributed by atoms with Crippen molar-refractivity contribution in [2.75, 3.05) is 0 Å². The summed E-state index contributed by atoms with van der Waals surface area (Å²) in [5, 5.41) is 5.57. The van der Waals surface area contributed by atoms with Crippen LogP contribution in [0.15, 0.2) is 36.0 Å². The first-order valence-electron chi connectivity index (χ1n) is 4.99. The molecule has 0 aliphatic heterocycles. The second-order valence-corrected chi connectivity index (χ2v) is 4.49. The van der Waals surface area contributed by atoms with E-state index in [1.807, 2.05) is 35.9 Å². The number of hydrogen-bond acceptors (Lipinski definition) is 3. The Kier molecular flexibility index (Phi) is 5.46. The predicted octanol–water partition coefficient (Wildman–Crippen LogP) is -0.255. The van der Waals surface area contributed by atoms with Gasteiger partial charge in [0.1, 0.15) is 0 Å². The maximum atomic E-state index is 3.99. The fourth-order valence-electron chi connectivity index (χ4n) is 1.41. The van der Waals surface area contributed by atoms with Crippen molar-refractivity contribution in [3.05, 3.63) is 52.0 Å². The molecule has 0 radical (unpaired) electrons. The van der Waals surface area contributed by atoms with Gasteiger partial charge in [0, 0.05) is 30.4 Å². The molecule has 2 nitrogen and oxygen atoms in total. The number of aromatic nitrogens is 1. The van der Waals surface area contributed by atoms with Crippen molar-refractivity contribution in [2.45, 2.75) is 20.0 Å². The largest absolute Gasteiger partial charge is 1.00 e. The normalized spacial score (nSPS) is 9.81. The second kappa shape index (κ2) is 6.63. The molecule has 0 aromatic carbocycles. The molecule has 4 heteroatoms. The molecule has 86 valence electrons. The van der Waals surface area contributed by atoms with Gasteiger partial charge < -0.3 is 17.7 Å². The highest BCUT2D eigenvalue weighted by Gasteiger charge is 1.98. The molecule has 0 atom stereocenters. The summed E-state index contributed by atoms with van der Waals surface area (Å²) in [5.74, 6) is 0. The Bertz CT molecular complexity index is 414. The lowest BCUT2D eigenvalue weighted by Gasteiger charge is -2.03. The van der Waals surface area contributed by atoms with Crippen LogP contribution in [0, 0.1) is 6.92 Å². The molecule has 0 aliphatic rings. The minimum Gasteiger partial charge on any atom is -1.00 e. The van der Waals surface area contributed by atoms with E-state index in [4.69, 9.17) is 0 Å². The van der Waals surface area contributed by atoms with Gasteiger partial charge in [-0.25, -0.2) is 0 Å². The van der Waals surface area contributed by atoms with Crippen LogP contribution in [-0.2, 0) is 13.1 Å². The molecule has 2 heterocycles. The number of rotatable bonds is 4. The van der Waals surface area contributed by atoms with Crippen molar-refractivity contribution < 1.29 is 12.4 Å². The Morgan fingerprint density at radius 2 is 1.94 bits per heavy atom. The molecule has 2 rings (SSSR count). The summed E-state index contributed by atoms with van der Waals surface area (Å²) in [6.07, 6.45) is 3.65. The summed E-state index contributed by atoms with van der Waals surface area (Å²) >= 11 is 1.81. The van der Waals surface area contributed by atoms with Crippen LogP contribution in [0.25, 0.3) is 0 Å². The first-order chi connectivity index (χ1) is 7.36. The molecule has 0 saturated heterocycles. The quantitative estimate of drug-likeness (QED) is 0.813. The third-order valence-electron chi connectivity index (χ3n) is 2.33. The molecule has 0 bridgehead atoms. The minimum absolute atomic E-state index is 0. The van der Waals surface area contributed by atoms with Gasteiger partial charge in [-0.3, -0.25) is 4.98 Å². The van der Waals surface area contributed by atoms with Crippen molar-refractivity contribution in [1.29, 1.82) is 0 Å². The number of aryl methyl sites for hydroxylation is 1. The number of thiophene rings is 1. The van der Waals surface area contributed by atoms with Crippen LogP contribution in [0.3, 0.4) is 0 Å². The van der Waals surface area contributed by atoms with E-state index in [1.165, 1.54) is 16.0 Å². The van der Waals surface area contributed by atoms with Gasteiger partial charge in [-0.2, -0.15) is 0 Å². The van der Waals surface area contributed by atoms with Crippen LogP contribution in [0.4, 0.5) is 0 Å². The van der Waals surface area contributed by atoms with Gasteiger partial charge in [-0.05, 0) is 41.6 Å². The highest BCUT2D eigenvalue weighted by Crippen LogP contribution is 2.14. The lowest BCUT2D eigenvalue weighted by Crippen LogP contribution is -3.00. The van der Waals surface area contributed by atoms with E-state index in [2.05, 4.69) is 28.7 Å². The fraction of sp³-hybridized carbons (Fsp3) is 0.250. The first-order valence-corrected chi connectivity index (χ1v) is 5.87. The zero-order valence-electron chi connectivity index (χ0n) is 9.11. The van der Waals surface area contributed by atoms with Gasteiger partial charge in [-0.15, -0.1) is 11.3 Å². The molecule has 2 aromatic heterocycles. The monoisotopic (exact) mass is 253 g/mol. The summed E-state index contributed by atoms with van der Waals surface area (Å²) in [4.78, 5) is 5.41.